The molecule has 0 amide bonds. The molecule has 0 saturated heterocycles. The first-order valence-electron chi connectivity index (χ1n) is 5.91. The van der Waals surface area contributed by atoms with Crippen LogP contribution in [0.2, 0.25) is 0 Å². The highest BCUT2D eigenvalue weighted by molar-refractivity contribution is 7.17. The summed E-state index contributed by atoms with van der Waals surface area (Å²) >= 11 is 1.87. The third-order valence-electron chi connectivity index (χ3n) is 3.07. The minimum Gasteiger partial charge on any atom is -0.143 e. The van der Waals surface area contributed by atoms with Gasteiger partial charge in [-0.2, -0.15) is 0 Å². The highest BCUT2D eigenvalue weighted by Gasteiger charge is 2.18. The minimum atomic E-state index is 0.248. The Kier molecular flexibility index (Phi) is 2.83. The molecule has 0 aliphatic carbocycles. The highest BCUT2D eigenvalue weighted by Crippen LogP contribution is 2.35. The number of thiophene rings is 1. The molecule has 0 spiro atoms. The van der Waals surface area contributed by atoms with Gasteiger partial charge >= 0.3 is 0 Å². The molecule has 0 fully saturated rings. The van der Waals surface area contributed by atoms with E-state index < -0.39 is 0 Å². The van der Waals surface area contributed by atoms with Crippen LogP contribution in [0.3, 0.4) is 0 Å². The summed E-state index contributed by atoms with van der Waals surface area (Å²) in [6.45, 7) is 11.3. The third kappa shape index (κ3) is 2.01. The van der Waals surface area contributed by atoms with E-state index in [2.05, 4.69) is 58.2 Å². The summed E-state index contributed by atoms with van der Waals surface area (Å²) in [7, 11) is 0. The zero-order valence-corrected chi connectivity index (χ0v) is 11.6. The summed E-state index contributed by atoms with van der Waals surface area (Å²) in [5.41, 5.74) is 3.16. The monoisotopic (exact) mass is 232 g/mol. The van der Waals surface area contributed by atoms with E-state index in [9.17, 15) is 0 Å². The molecule has 86 valence electrons. The van der Waals surface area contributed by atoms with Crippen LogP contribution in [-0.4, -0.2) is 0 Å². The van der Waals surface area contributed by atoms with Crippen molar-refractivity contribution in [2.45, 2.75) is 46.0 Å². The first-order chi connectivity index (χ1) is 7.39. The molecule has 0 nitrogen and oxygen atoms in total. The van der Waals surface area contributed by atoms with Crippen molar-refractivity contribution in [2.24, 2.45) is 0 Å². The van der Waals surface area contributed by atoms with E-state index in [1.807, 2.05) is 11.3 Å². The Labute approximate surface area is 102 Å². The predicted molar refractivity (Wildman–Crippen MR) is 74.6 cm³/mol. The maximum Gasteiger partial charge on any atom is 0.0348 e. The molecule has 16 heavy (non-hydrogen) atoms. The maximum atomic E-state index is 2.35. The molecule has 1 heteroatoms. The van der Waals surface area contributed by atoms with Crippen LogP contribution < -0.4 is 0 Å². The second-order valence-corrected chi connectivity index (χ2v) is 6.72. The Morgan fingerprint density at radius 3 is 2.38 bits per heavy atom. The van der Waals surface area contributed by atoms with Gasteiger partial charge in [-0.1, -0.05) is 46.8 Å². The van der Waals surface area contributed by atoms with Crippen molar-refractivity contribution >= 4 is 21.4 Å². The van der Waals surface area contributed by atoms with Crippen LogP contribution in [0.4, 0.5) is 0 Å². The second kappa shape index (κ2) is 3.89. The van der Waals surface area contributed by atoms with Gasteiger partial charge in [0.25, 0.3) is 0 Å². The quantitative estimate of drug-likeness (QED) is 0.624. The van der Waals surface area contributed by atoms with Crippen molar-refractivity contribution in [3.05, 3.63) is 34.7 Å². The van der Waals surface area contributed by atoms with Gasteiger partial charge < -0.3 is 0 Å². The zero-order chi connectivity index (χ0) is 11.9. The van der Waals surface area contributed by atoms with E-state index >= 15 is 0 Å². The van der Waals surface area contributed by atoms with Crippen LogP contribution in [0.1, 0.15) is 51.7 Å². The fourth-order valence-corrected chi connectivity index (χ4v) is 3.22. The second-order valence-electron chi connectivity index (χ2n) is 5.81. The minimum absolute atomic E-state index is 0.248. The average Bonchev–Trinajstić information content (AvgIpc) is 2.58. The lowest BCUT2D eigenvalue weighted by Gasteiger charge is -2.17. The first-order valence-corrected chi connectivity index (χ1v) is 6.79. The standard InChI is InChI=1S/C15H20S/c1-10(2)11-6-7-12-13(15(3,4)5)9-16-14(12)8-11/h6-10H,1-5H3. The van der Waals surface area contributed by atoms with Crippen molar-refractivity contribution in [1.29, 1.82) is 0 Å². The summed E-state index contributed by atoms with van der Waals surface area (Å²) < 4.78 is 1.43. The van der Waals surface area contributed by atoms with Crippen molar-refractivity contribution in [2.75, 3.05) is 0 Å². The Bertz CT molecular complexity index is 498. The lowest BCUT2D eigenvalue weighted by Crippen LogP contribution is -2.09. The Balaban J connectivity index is 2.59. The van der Waals surface area contributed by atoms with Gasteiger partial charge in [-0.25, -0.2) is 0 Å². The Morgan fingerprint density at radius 1 is 1.12 bits per heavy atom. The molecule has 0 aliphatic rings. The first kappa shape index (κ1) is 11.7. The topological polar surface area (TPSA) is 0 Å². The van der Waals surface area contributed by atoms with Gasteiger partial charge in [-0.15, -0.1) is 11.3 Å². The molecule has 0 saturated carbocycles. The molecular formula is C15H20S. The van der Waals surface area contributed by atoms with Crippen LogP contribution >= 0.6 is 11.3 Å². The maximum absolute atomic E-state index is 2.35. The molecule has 2 rings (SSSR count). The van der Waals surface area contributed by atoms with Gasteiger partial charge in [0.1, 0.15) is 0 Å². The van der Waals surface area contributed by atoms with E-state index in [-0.39, 0.29) is 5.41 Å². The van der Waals surface area contributed by atoms with Crippen LogP contribution in [-0.2, 0) is 5.41 Å². The van der Waals surface area contributed by atoms with E-state index in [1.54, 1.807) is 0 Å². The van der Waals surface area contributed by atoms with E-state index in [0.717, 1.165) is 0 Å². The van der Waals surface area contributed by atoms with Crippen molar-refractivity contribution in [1.82, 2.24) is 0 Å². The van der Waals surface area contributed by atoms with Crippen LogP contribution in [0.25, 0.3) is 10.1 Å². The van der Waals surface area contributed by atoms with Crippen molar-refractivity contribution < 1.29 is 0 Å². The van der Waals surface area contributed by atoms with Gasteiger partial charge in [-0.05, 0) is 39.3 Å². The van der Waals surface area contributed by atoms with Crippen LogP contribution in [0.15, 0.2) is 23.6 Å². The summed E-state index contributed by atoms with van der Waals surface area (Å²) in [4.78, 5) is 0. The molecule has 0 atom stereocenters. The lowest BCUT2D eigenvalue weighted by atomic mass is 9.86. The number of benzene rings is 1. The molecule has 0 aliphatic heterocycles. The number of hydrogen-bond acceptors (Lipinski definition) is 1. The molecule has 0 N–H and O–H groups in total. The SMILES string of the molecule is CC(C)c1ccc2c(C(C)(C)C)csc2c1. The fraction of sp³-hybridized carbons (Fsp3) is 0.467. The van der Waals surface area contributed by atoms with Crippen molar-refractivity contribution in [3.63, 3.8) is 0 Å². The highest BCUT2D eigenvalue weighted by atomic mass is 32.1. The van der Waals surface area contributed by atoms with Gasteiger partial charge in [0, 0.05) is 4.70 Å². The summed E-state index contributed by atoms with van der Waals surface area (Å²) in [6.07, 6.45) is 0. The van der Waals surface area contributed by atoms with E-state index in [4.69, 9.17) is 0 Å². The van der Waals surface area contributed by atoms with Crippen LogP contribution in [0, 0.1) is 0 Å². The number of fused-ring (bicyclic) bond motifs is 1. The van der Waals surface area contributed by atoms with E-state index in [1.165, 1.54) is 21.2 Å². The predicted octanol–water partition coefficient (Wildman–Crippen LogP) is 5.32. The molecular weight excluding hydrogens is 212 g/mol. The summed E-state index contributed by atoms with van der Waals surface area (Å²) in [5, 5.41) is 3.75. The molecule has 0 radical (unpaired) electrons. The number of rotatable bonds is 1. The smallest absolute Gasteiger partial charge is 0.0348 e. The van der Waals surface area contributed by atoms with Crippen LogP contribution in [0.5, 0.6) is 0 Å². The normalized spacial score (nSPS) is 12.6. The summed E-state index contributed by atoms with van der Waals surface area (Å²) in [5.74, 6) is 0.615. The molecule has 0 bridgehead atoms. The molecule has 2 aromatic rings. The number of hydrogen-bond donors (Lipinski definition) is 0. The Hall–Kier alpha value is -0.820. The largest absolute Gasteiger partial charge is 0.143 e. The van der Waals surface area contributed by atoms with Crippen molar-refractivity contribution in [3.8, 4) is 0 Å². The zero-order valence-electron chi connectivity index (χ0n) is 10.8. The molecule has 1 aromatic carbocycles. The van der Waals surface area contributed by atoms with Gasteiger partial charge in [-0.3, -0.25) is 0 Å². The third-order valence-corrected chi connectivity index (χ3v) is 4.02. The van der Waals surface area contributed by atoms with Gasteiger partial charge in [0.15, 0.2) is 0 Å². The van der Waals surface area contributed by atoms with E-state index in [0.29, 0.717) is 5.92 Å². The molecule has 1 aromatic heterocycles. The van der Waals surface area contributed by atoms with Gasteiger partial charge in [0.2, 0.25) is 0 Å². The van der Waals surface area contributed by atoms with Gasteiger partial charge in [0.05, 0.1) is 0 Å². The fourth-order valence-electron chi connectivity index (χ4n) is 1.98. The summed E-state index contributed by atoms with van der Waals surface area (Å²) in [6, 6.07) is 6.91. The molecule has 0 unspecified atom stereocenters. The Morgan fingerprint density at radius 2 is 1.81 bits per heavy atom. The average molecular weight is 232 g/mol. The molecule has 1 heterocycles. The lowest BCUT2D eigenvalue weighted by molar-refractivity contribution is 0.598.